The minimum Gasteiger partial charge on any atom is -1.00 e. The van der Waals surface area contributed by atoms with Crippen LogP contribution in [0.5, 0.6) is 0 Å². The van der Waals surface area contributed by atoms with Crippen LogP contribution in [0.4, 0.5) is 9.59 Å². The van der Waals surface area contributed by atoms with Crippen LogP contribution in [0.15, 0.2) is 0 Å². The largest absolute Gasteiger partial charge is 1.00 e. The molecule has 0 bridgehead atoms. The molecule has 10 N–H and O–H groups in total. The Balaban J connectivity index is -0.0000000207. The average molecular weight is 498 g/mol. The van der Waals surface area contributed by atoms with E-state index in [9.17, 15) is 0 Å². The second-order valence-electron chi connectivity index (χ2n) is 1.91. The van der Waals surface area contributed by atoms with E-state index in [0.717, 1.165) is 0 Å². The molecule has 0 aliphatic carbocycles. The summed E-state index contributed by atoms with van der Waals surface area (Å²) in [7, 11) is -14.0. The van der Waals surface area contributed by atoms with Gasteiger partial charge in [0.2, 0.25) is 0 Å². The zero-order valence-electron chi connectivity index (χ0n) is 14.0. The Hall–Kier alpha value is 1.42. The second kappa shape index (κ2) is 23.5. The van der Waals surface area contributed by atoms with Crippen molar-refractivity contribution in [2.24, 2.45) is 0 Å². The van der Waals surface area contributed by atoms with Gasteiger partial charge in [-0.3, -0.25) is 27.3 Å². The SMILES string of the molecule is O=C(O)O.O=C(O)O.O=S(=O)(O)O.O=S(=O)(O)O.O=S(=O)(O)O.[H-].[H-].[K+].[K+]. The Kier molecular flexibility index (Phi) is 42.5. The van der Waals surface area contributed by atoms with Gasteiger partial charge in [-0.05, 0) is 0 Å². The molecule has 0 aliphatic rings. The number of carbonyl (C=O) groups is 2. The summed E-state index contributed by atoms with van der Waals surface area (Å²) < 4.78 is 94.8. The first kappa shape index (κ1) is 45.3. The van der Waals surface area contributed by atoms with E-state index < -0.39 is 43.5 Å². The second-order valence-corrected chi connectivity index (χ2v) is 4.60. The predicted octanol–water partition coefficient (Wildman–Crippen LogP) is -7.28. The third-order valence-electron chi connectivity index (χ3n) is 0. The van der Waals surface area contributed by atoms with E-state index >= 15 is 0 Å². The maximum atomic E-state index is 8.74. The molecular formula is C2H12K2O18S3. The Bertz CT molecular complexity index is 506. The van der Waals surface area contributed by atoms with E-state index in [1.165, 1.54) is 0 Å². The summed E-state index contributed by atoms with van der Waals surface area (Å²) in [4.78, 5) is 17.1. The normalized spacial score (nSPS) is 8.88. The van der Waals surface area contributed by atoms with Crippen LogP contribution in [0.25, 0.3) is 0 Å². The summed E-state index contributed by atoms with van der Waals surface area (Å²) >= 11 is 0. The van der Waals surface area contributed by atoms with E-state index in [2.05, 4.69) is 0 Å². The van der Waals surface area contributed by atoms with E-state index in [1.54, 1.807) is 0 Å². The smallest absolute Gasteiger partial charge is 1.00 e. The molecule has 0 saturated heterocycles. The Labute approximate surface area is 227 Å². The quantitative estimate of drug-likeness (QED) is 0.109. The molecule has 0 saturated carbocycles. The molecular weight excluding hydrogens is 486 g/mol. The van der Waals surface area contributed by atoms with Gasteiger partial charge in [0.25, 0.3) is 0 Å². The van der Waals surface area contributed by atoms with Crippen molar-refractivity contribution in [3.63, 3.8) is 0 Å². The van der Waals surface area contributed by atoms with Crippen molar-refractivity contribution < 1.29 is 188 Å². The van der Waals surface area contributed by atoms with Gasteiger partial charge < -0.3 is 23.3 Å². The molecule has 23 heteroatoms. The molecule has 0 spiro atoms. The predicted molar refractivity (Wildman–Crippen MR) is 66.1 cm³/mol. The van der Waals surface area contributed by atoms with Gasteiger partial charge in [0.05, 0.1) is 0 Å². The molecule has 0 atom stereocenters. The van der Waals surface area contributed by atoms with Crippen molar-refractivity contribution in [1.82, 2.24) is 0 Å². The van der Waals surface area contributed by atoms with Gasteiger partial charge >= 0.3 is 146 Å². The van der Waals surface area contributed by atoms with Gasteiger partial charge in [0.1, 0.15) is 0 Å². The third-order valence-corrected chi connectivity index (χ3v) is 0. The molecule has 0 heterocycles. The van der Waals surface area contributed by atoms with Crippen molar-refractivity contribution in [1.29, 1.82) is 0 Å². The van der Waals surface area contributed by atoms with Gasteiger partial charge in [0.15, 0.2) is 0 Å². The van der Waals surface area contributed by atoms with Crippen LogP contribution in [-0.4, -0.2) is 85.3 Å². The molecule has 0 radical (unpaired) electrons. The summed E-state index contributed by atoms with van der Waals surface area (Å²) in [6.45, 7) is 0. The van der Waals surface area contributed by atoms with Crippen LogP contribution in [0.1, 0.15) is 2.85 Å². The van der Waals surface area contributed by atoms with Crippen molar-refractivity contribution in [3.05, 3.63) is 0 Å². The Morgan fingerprint density at radius 1 is 0.480 bits per heavy atom. The fourth-order valence-electron chi connectivity index (χ4n) is 0. The first-order valence-corrected chi connectivity index (χ1v) is 7.59. The van der Waals surface area contributed by atoms with E-state index in [1.807, 2.05) is 0 Å². The summed E-state index contributed by atoms with van der Waals surface area (Å²) in [5, 5.41) is 27.9. The number of rotatable bonds is 0. The van der Waals surface area contributed by atoms with E-state index in [4.69, 9.17) is 82.6 Å². The summed E-state index contributed by atoms with van der Waals surface area (Å²) in [5.41, 5.74) is 0. The topological polar surface area (TPSA) is 339 Å². The molecule has 0 aliphatic heterocycles. The minimum atomic E-state index is -4.67. The zero-order valence-corrected chi connectivity index (χ0v) is 20.7. The van der Waals surface area contributed by atoms with Gasteiger partial charge in [-0.15, -0.1) is 0 Å². The Morgan fingerprint density at radius 3 is 0.480 bits per heavy atom. The molecule has 0 aromatic rings. The summed E-state index contributed by atoms with van der Waals surface area (Å²) in [5.74, 6) is 0. The van der Waals surface area contributed by atoms with Crippen molar-refractivity contribution in [2.45, 2.75) is 0 Å². The van der Waals surface area contributed by atoms with Crippen molar-refractivity contribution in [3.8, 4) is 0 Å². The monoisotopic (exact) mass is 498 g/mol. The van der Waals surface area contributed by atoms with Gasteiger partial charge in [-0.25, -0.2) is 9.59 Å². The molecule has 148 valence electrons. The van der Waals surface area contributed by atoms with Crippen molar-refractivity contribution in [2.75, 3.05) is 0 Å². The molecule has 0 fully saturated rings. The maximum absolute atomic E-state index is 8.74. The van der Waals surface area contributed by atoms with E-state index in [0.29, 0.717) is 0 Å². The van der Waals surface area contributed by atoms with Crippen LogP contribution < -0.4 is 103 Å². The van der Waals surface area contributed by atoms with Gasteiger partial charge in [-0.1, -0.05) is 0 Å². The van der Waals surface area contributed by atoms with Crippen LogP contribution in [0.3, 0.4) is 0 Å². The number of hydrogen-bond donors (Lipinski definition) is 10. The molecule has 0 aromatic carbocycles. The average Bonchev–Trinajstić information content (AvgIpc) is 1.85. The van der Waals surface area contributed by atoms with Gasteiger partial charge in [0, 0.05) is 0 Å². The van der Waals surface area contributed by atoms with Crippen LogP contribution in [-0.2, 0) is 31.2 Å². The van der Waals surface area contributed by atoms with Crippen LogP contribution in [0, 0.1) is 0 Å². The van der Waals surface area contributed by atoms with E-state index in [-0.39, 0.29) is 106 Å². The molecule has 18 nitrogen and oxygen atoms in total. The molecule has 25 heavy (non-hydrogen) atoms. The first-order chi connectivity index (χ1) is 9.46. The summed E-state index contributed by atoms with van der Waals surface area (Å²) in [6, 6.07) is 0. The van der Waals surface area contributed by atoms with Crippen LogP contribution in [0.2, 0.25) is 0 Å². The Morgan fingerprint density at radius 2 is 0.480 bits per heavy atom. The fraction of sp³-hybridized carbons (Fsp3) is 0. The van der Waals surface area contributed by atoms with Crippen LogP contribution >= 0.6 is 0 Å². The number of carboxylic acid groups (broad SMARTS) is 4. The molecule has 0 unspecified atom stereocenters. The van der Waals surface area contributed by atoms with Gasteiger partial charge in [-0.2, -0.15) is 25.3 Å². The standard InChI is InChI=1S/2CH2O3.2K.3H2O4S.2H/c2*2-1(3)4;;;3*1-5(2,3)4;;/h2*(H2,2,3,4);;;3*(H2,1,2,3,4);;/q;;2*+1;;;;2*-1. The number of hydrogen-bond acceptors (Lipinski definition) is 8. The maximum Gasteiger partial charge on any atom is 1.00 e. The summed E-state index contributed by atoms with van der Waals surface area (Å²) in [6.07, 6.45) is -3.67. The first-order valence-electron chi connectivity index (χ1n) is 3.40. The molecule has 0 rings (SSSR count). The van der Waals surface area contributed by atoms with Crippen molar-refractivity contribution >= 4 is 43.5 Å². The minimum absolute atomic E-state index is 0. The zero-order chi connectivity index (χ0) is 20.7. The fourth-order valence-corrected chi connectivity index (χ4v) is 0. The third kappa shape index (κ3) is 6890. The molecule has 0 aromatic heterocycles. The molecule has 0 amide bonds.